The normalized spacial score (nSPS) is 11.2. The highest BCUT2D eigenvalue weighted by Crippen LogP contribution is 2.10. The molecule has 0 amide bonds. The average molecular weight is 579 g/mol. The molecule has 0 saturated carbocycles. The van der Waals surface area contributed by atoms with E-state index in [-0.39, 0.29) is 25.2 Å². The Balaban J connectivity index is 3.14. The van der Waals surface area contributed by atoms with Crippen LogP contribution in [0.25, 0.3) is 0 Å². The van der Waals surface area contributed by atoms with Gasteiger partial charge in [-0.05, 0) is 12.8 Å². The standard InChI is InChI=1S/C30H58O10/c1-3-5-6-7-8-9-10-11-12-14-30(32)40-28-26-38-24-22-36-20-18-34-16-15-33-17-19-35-21-23-37-25-27-39-29(31)13-4-2/h3-28H2,1-2H3. The van der Waals surface area contributed by atoms with E-state index in [2.05, 4.69) is 6.92 Å². The molecule has 40 heavy (non-hydrogen) atoms. The lowest BCUT2D eigenvalue weighted by Crippen LogP contribution is -2.15. The Morgan fingerprint density at radius 2 is 0.650 bits per heavy atom. The van der Waals surface area contributed by atoms with Gasteiger partial charge in [-0.3, -0.25) is 9.59 Å². The lowest BCUT2D eigenvalue weighted by molar-refractivity contribution is -0.146. The Hall–Kier alpha value is -1.30. The highest BCUT2D eigenvalue weighted by Gasteiger charge is 2.03. The van der Waals surface area contributed by atoms with Gasteiger partial charge in [0.15, 0.2) is 0 Å². The zero-order chi connectivity index (χ0) is 29.2. The smallest absolute Gasteiger partial charge is 0.305 e. The Morgan fingerprint density at radius 3 is 1.00 bits per heavy atom. The van der Waals surface area contributed by atoms with Crippen LogP contribution in [0.3, 0.4) is 0 Å². The van der Waals surface area contributed by atoms with Gasteiger partial charge >= 0.3 is 11.9 Å². The van der Waals surface area contributed by atoms with E-state index in [0.717, 1.165) is 19.3 Å². The highest BCUT2D eigenvalue weighted by atomic mass is 16.6. The van der Waals surface area contributed by atoms with Crippen LogP contribution in [-0.4, -0.2) is 104 Å². The average Bonchev–Trinajstić information content (AvgIpc) is 2.95. The third-order valence-electron chi connectivity index (χ3n) is 5.78. The molecule has 10 heteroatoms. The monoisotopic (exact) mass is 578 g/mol. The number of rotatable bonds is 33. The summed E-state index contributed by atoms with van der Waals surface area (Å²) < 4.78 is 42.7. The van der Waals surface area contributed by atoms with Gasteiger partial charge in [0.1, 0.15) is 13.2 Å². The predicted molar refractivity (Wildman–Crippen MR) is 154 cm³/mol. The first-order valence-electron chi connectivity index (χ1n) is 15.5. The van der Waals surface area contributed by atoms with Gasteiger partial charge in [0.05, 0.1) is 79.3 Å². The van der Waals surface area contributed by atoms with Crippen molar-refractivity contribution >= 4 is 11.9 Å². The van der Waals surface area contributed by atoms with Crippen molar-refractivity contribution in [3.05, 3.63) is 0 Å². The van der Waals surface area contributed by atoms with E-state index < -0.39 is 0 Å². The van der Waals surface area contributed by atoms with Gasteiger partial charge in [0, 0.05) is 12.8 Å². The summed E-state index contributed by atoms with van der Waals surface area (Å²) >= 11 is 0. The summed E-state index contributed by atoms with van der Waals surface area (Å²) in [5.41, 5.74) is 0. The van der Waals surface area contributed by atoms with E-state index >= 15 is 0 Å². The fraction of sp³-hybridized carbons (Fsp3) is 0.933. The molecule has 0 fully saturated rings. The minimum Gasteiger partial charge on any atom is -0.463 e. The maximum Gasteiger partial charge on any atom is 0.305 e. The number of ether oxygens (including phenoxy) is 8. The van der Waals surface area contributed by atoms with Crippen molar-refractivity contribution in [1.29, 1.82) is 0 Å². The Labute approximate surface area is 243 Å². The first-order chi connectivity index (χ1) is 19.7. The zero-order valence-electron chi connectivity index (χ0n) is 25.5. The molecule has 238 valence electrons. The molecular formula is C30H58O10. The summed E-state index contributed by atoms with van der Waals surface area (Å²) in [6.07, 6.45) is 12.8. The molecule has 0 saturated heterocycles. The third-order valence-corrected chi connectivity index (χ3v) is 5.78. The molecule has 0 aliphatic carbocycles. The summed E-state index contributed by atoms with van der Waals surface area (Å²) in [6.45, 7) is 10.3. The van der Waals surface area contributed by atoms with Crippen molar-refractivity contribution < 1.29 is 47.5 Å². The Kier molecular flexibility index (Phi) is 32.8. The van der Waals surface area contributed by atoms with Gasteiger partial charge in [-0.2, -0.15) is 0 Å². The van der Waals surface area contributed by atoms with Crippen molar-refractivity contribution in [3.63, 3.8) is 0 Å². The SMILES string of the molecule is CCCCCCCCCCCC(=O)OCCOCCOCCOCCOCCOCCOCCOC(=O)CCC. The minimum absolute atomic E-state index is 0.138. The molecule has 0 rings (SSSR count). The van der Waals surface area contributed by atoms with Gasteiger partial charge in [-0.25, -0.2) is 0 Å². The number of hydrogen-bond donors (Lipinski definition) is 0. The minimum atomic E-state index is -0.187. The quantitative estimate of drug-likeness (QED) is 0.0789. The molecule has 0 heterocycles. The number of hydrogen-bond acceptors (Lipinski definition) is 10. The van der Waals surface area contributed by atoms with Crippen LogP contribution in [0, 0.1) is 0 Å². The molecule has 0 aliphatic heterocycles. The molecule has 0 aromatic carbocycles. The number of carbonyl (C=O) groups is 2. The number of unbranched alkanes of at least 4 members (excludes halogenated alkanes) is 8. The second kappa shape index (κ2) is 33.9. The molecule has 0 radical (unpaired) electrons. The molecular weight excluding hydrogens is 520 g/mol. The van der Waals surface area contributed by atoms with Crippen LogP contribution in [0.15, 0.2) is 0 Å². The van der Waals surface area contributed by atoms with Crippen LogP contribution in [0.5, 0.6) is 0 Å². The first-order valence-corrected chi connectivity index (χ1v) is 15.5. The van der Waals surface area contributed by atoms with E-state index in [0.29, 0.717) is 92.1 Å². The van der Waals surface area contributed by atoms with Crippen LogP contribution >= 0.6 is 0 Å². The lowest BCUT2D eigenvalue weighted by atomic mass is 10.1. The van der Waals surface area contributed by atoms with Crippen LogP contribution in [0.2, 0.25) is 0 Å². The van der Waals surface area contributed by atoms with Gasteiger partial charge < -0.3 is 37.9 Å². The van der Waals surface area contributed by atoms with E-state index in [1.54, 1.807) is 0 Å². The van der Waals surface area contributed by atoms with Crippen LogP contribution in [0.1, 0.15) is 90.9 Å². The third kappa shape index (κ3) is 32.9. The summed E-state index contributed by atoms with van der Waals surface area (Å²) in [5, 5.41) is 0. The van der Waals surface area contributed by atoms with E-state index in [1.165, 1.54) is 44.9 Å². The Bertz CT molecular complexity index is 533. The highest BCUT2D eigenvalue weighted by molar-refractivity contribution is 5.69. The van der Waals surface area contributed by atoms with Gasteiger partial charge in [-0.1, -0.05) is 65.2 Å². The van der Waals surface area contributed by atoms with Gasteiger partial charge in [0.2, 0.25) is 0 Å². The van der Waals surface area contributed by atoms with E-state index in [9.17, 15) is 9.59 Å². The van der Waals surface area contributed by atoms with Crippen molar-refractivity contribution in [2.75, 3.05) is 92.5 Å². The largest absolute Gasteiger partial charge is 0.463 e. The molecule has 0 spiro atoms. The summed E-state index contributed by atoms with van der Waals surface area (Å²) in [6, 6.07) is 0. The van der Waals surface area contributed by atoms with E-state index in [1.807, 2.05) is 6.92 Å². The Morgan fingerprint density at radius 1 is 0.350 bits per heavy atom. The fourth-order valence-corrected chi connectivity index (χ4v) is 3.56. The molecule has 0 N–H and O–H groups in total. The predicted octanol–water partition coefficient (Wildman–Crippen LogP) is 4.89. The molecule has 0 aromatic heterocycles. The van der Waals surface area contributed by atoms with Gasteiger partial charge in [0.25, 0.3) is 0 Å². The number of carbonyl (C=O) groups excluding carboxylic acids is 2. The van der Waals surface area contributed by atoms with Crippen molar-refractivity contribution in [1.82, 2.24) is 0 Å². The van der Waals surface area contributed by atoms with Crippen LogP contribution in [-0.2, 0) is 47.5 Å². The molecule has 0 aliphatic rings. The second-order valence-corrected chi connectivity index (χ2v) is 9.44. The van der Waals surface area contributed by atoms with Crippen molar-refractivity contribution in [2.45, 2.75) is 90.9 Å². The van der Waals surface area contributed by atoms with Crippen LogP contribution in [0.4, 0.5) is 0 Å². The van der Waals surface area contributed by atoms with Gasteiger partial charge in [-0.15, -0.1) is 0 Å². The molecule has 0 unspecified atom stereocenters. The van der Waals surface area contributed by atoms with E-state index in [4.69, 9.17) is 37.9 Å². The maximum atomic E-state index is 11.7. The molecule has 0 bridgehead atoms. The first kappa shape index (κ1) is 38.7. The zero-order valence-corrected chi connectivity index (χ0v) is 25.5. The topological polar surface area (TPSA) is 108 Å². The van der Waals surface area contributed by atoms with Crippen molar-refractivity contribution in [2.24, 2.45) is 0 Å². The van der Waals surface area contributed by atoms with Crippen LogP contribution < -0.4 is 0 Å². The summed E-state index contributed by atoms with van der Waals surface area (Å²) in [7, 11) is 0. The summed E-state index contributed by atoms with van der Waals surface area (Å²) in [5.74, 6) is -0.325. The lowest BCUT2D eigenvalue weighted by Gasteiger charge is -2.09. The molecule has 10 nitrogen and oxygen atoms in total. The maximum absolute atomic E-state index is 11.7. The second-order valence-electron chi connectivity index (χ2n) is 9.44. The number of esters is 2. The fourth-order valence-electron chi connectivity index (χ4n) is 3.56. The molecule has 0 aromatic rings. The molecule has 0 atom stereocenters. The summed E-state index contributed by atoms with van der Waals surface area (Å²) in [4.78, 5) is 22.9. The van der Waals surface area contributed by atoms with Crippen molar-refractivity contribution in [3.8, 4) is 0 Å².